The average Bonchev–Trinajstić information content (AvgIpc) is 2.86. The average molecular weight is 257 g/mol. The summed E-state index contributed by atoms with van der Waals surface area (Å²) in [5.74, 6) is 0.765. The third-order valence-electron chi connectivity index (χ3n) is 4.32. The van der Waals surface area contributed by atoms with E-state index in [4.69, 9.17) is 4.74 Å². The van der Waals surface area contributed by atoms with E-state index >= 15 is 0 Å². The molecule has 2 atom stereocenters. The molecule has 3 heteroatoms. The van der Waals surface area contributed by atoms with Crippen molar-refractivity contribution in [1.82, 2.24) is 4.90 Å². The van der Waals surface area contributed by atoms with Crippen LogP contribution in [0.25, 0.3) is 0 Å². The highest BCUT2D eigenvalue weighted by Crippen LogP contribution is 2.28. The predicted molar refractivity (Wildman–Crippen MR) is 75.8 cm³/mol. The van der Waals surface area contributed by atoms with E-state index in [2.05, 4.69) is 18.7 Å². The minimum atomic E-state index is -0.168. The maximum atomic E-state index is 10.2. The van der Waals surface area contributed by atoms with Crippen LogP contribution in [0.1, 0.15) is 52.4 Å². The molecule has 1 aliphatic carbocycles. The Balaban J connectivity index is 2.32. The Hall–Kier alpha value is -0.120. The number of aliphatic hydroxyl groups excluding tert-OH is 1. The van der Waals surface area contributed by atoms with Crippen LogP contribution in [0.2, 0.25) is 0 Å². The van der Waals surface area contributed by atoms with Gasteiger partial charge in [0.05, 0.1) is 12.7 Å². The van der Waals surface area contributed by atoms with Gasteiger partial charge in [-0.2, -0.15) is 0 Å². The molecule has 0 amide bonds. The van der Waals surface area contributed by atoms with E-state index in [-0.39, 0.29) is 6.10 Å². The van der Waals surface area contributed by atoms with Gasteiger partial charge in [0.2, 0.25) is 0 Å². The van der Waals surface area contributed by atoms with Gasteiger partial charge in [-0.25, -0.2) is 0 Å². The standard InChI is InChI=1S/C15H31NO2/c1-4-13(2)16(9-10-18-3)12-15(17)11-14-7-5-6-8-14/h13-15,17H,4-12H2,1-3H3. The summed E-state index contributed by atoms with van der Waals surface area (Å²) < 4.78 is 5.16. The van der Waals surface area contributed by atoms with E-state index < -0.39 is 0 Å². The molecule has 0 spiro atoms. The first-order valence-corrected chi connectivity index (χ1v) is 7.58. The highest BCUT2D eigenvalue weighted by atomic mass is 16.5. The molecule has 0 saturated heterocycles. The normalized spacial score (nSPS) is 20.5. The molecular weight excluding hydrogens is 226 g/mol. The van der Waals surface area contributed by atoms with E-state index in [0.717, 1.165) is 38.5 Å². The molecule has 1 N–H and O–H groups in total. The lowest BCUT2D eigenvalue weighted by Gasteiger charge is -2.30. The van der Waals surface area contributed by atoms with Gasteiger partial charge in [-0.05, 0) is 25.7 Å². The minimum absolute atomic E-state index is 0.168. The molecule has 0 aromatic heterocycles. The van der Waals surface area contributed by atoms with Gasteiger partial charge in [-0.3, -0.25) is 4.90 Å². The van der Waals surface area contributed by atoms with Gasteiger partial charge in [0, 0.05) is 26.2 Å². The van der Waals surface area contributed by atoms with Gasteiger partial charge in [-0.15, -0.1) is 0 Å². The van der Waals surface area contributed by atoms with Crippen LogP contribution in [0.15, 0.2) is 0 Å². The van der Waals surface area contributed by atoms with Crippen molar-refractivity contribution in [1.29, 1.82) is 0 Å². The fraction of sp³-hybridized carbons (Fsp3) is 1.00. The first-order chi connectivity index (χ1) is 8.67. The van der Waals surface area contributed by atoms with Gasteiger partial charge >= 0.3 is 0 Å². The molecule has 1 aliphatic rings. The number of ether oxygens (including phenoxy) is 1. The van der Waals surface area contributed by atoms with Gasteiger partial charge in [-0.1, -0.05) is 32.6 Å². The van der Waals surface area contributed by atoms with Crippen molar-refractivity contribution in [2.75, 3.05) is 26.8 Å². The molecule has 0 radical (unpaired) electrons. The summed E-state index contributed by atoms with van der Waals surface area (Å²) in [4.78, 5) is 2.36. The number of hydrogen-bond acceptors (Lipinski definition) is 3. The van der Waals surface area contributed by atoms with Crippen LogP contribution >= 0.6 is 0 Å². The molecule has 2 unspecified atom stereocenters. The topological polar surface area (TPSA) is 32.7 Å². The van der Waals surface area contributed by atoms with Crippen molar-refractivity contribution in [3.8, 4) is 0 Å². The van der Waals surface area contributed by atoms with Crippen LogP contribution in [-0.2, 0) is 4.74 Å². The molecule has 0 aromatic carbocycles. The van der Waals surface area contributed by atoms with E-state index in [1.807, 2.05) is 0 Å². The van der Waals surface area contributed by atoms with E-state index in [1.54, 1.807) is 7.11 Å². The van der Waals surface area contributed by atoms with Crippen molar-refractivity contribution in [2.24, 2.45) is 5.92 Å². The number of rotatable bonds is 9. The fourth-order valence-electron chi connectivity index (χ4n) is 2.93. The number of nitrogens with zero attached hydrogens (tertiary/aromatic N) is 1. The van der Waals surface area contributed by atoms with Crippen molar-refractivity contribution in [3.05, 3.63) is 0 Å². The summed E-state index contributed by atoms with van der Waals surface area (Å²) in [6.45, 7) is 6.91. The Labute approximate surface area is 113 Å². The van der Waals surface area contributed by atoms with Crippen molar-refractivity contribution in [3.63, 3.8) is 0 Å². The van der Waals surface area contributed by atoms with Crippen molar-refractivity contribution < 1.29 is 9.84 Å². The van der Waals surface area contributed by atoms with Gasteiger partial charge in [0.25, 0.3) is 0 Å². The highest BCUT2D eigenvalue weighted by Gasteiger charge is 2.21. The second kappa shape index (κ2) is 8.89. The van der Waals surface area contributed by atoms with E-state index in [1.165, 1.54) is 25.7 Å². The highest BCUT2D eigenvalue weighted by molar-refractivity contribution is 4.75. The summed E-state index contributed by atoms with van der Waals surface area (Å²) in [6.07, 6.45) is 7.29. The quantitative estimate of drug-likeness (QED) is 0.689. The molecule has 0 aromatic rings. The van der Waals surface area contributed by atoms with Crippen LogP contribution in [-0.4, -0.2) is 49.0 Å². The van der Waals surface area contributed by atoms with E-state index in [0.29, 0.717) is 6.04 Å². The zero-order chi connectivity index (χ0) is 13.4. The van der Waals surface area contributed by atoms with Crippen LogP contribution in [0.3, 0.4) is 0 Å². The molecule has 3 nitrogen and oxygen atoms in total. The third kappa shape index (κ3) is 5.68. The monoisotopic (exact) mass is 257 g/mol. The van der Waals surface area contributed by atoms with Gasteiger partial charge in [0.15, 0.2) is 0 Å². The Kier molecular flexibility index (Phi) is 7.87. The minimum Gasteiger partial charge on any atom is -0.392 e. The maximum absolute atomic E-state index is 10.2. The summed E-state index contributed by atoms with van der Waals surface area (Å²) in [6, 6.07) is 0.526. The predicted octanol–water partition coefficient (Wildman–Crippen LogP) is 2.67. The SMILES string of the molecule is CCC(C)N(CCOC)CC(O)CC1CCCC1. The molecule has 0 heterocycles. The summed E-state index contributed by atoms with van der Waals surface area (Å²) in [5, 5.41) is 10.2. The maximum Gasteiger partial charge on any atom is 0.0669 e. The van der Waals surface area contributed by atoms with Gasteiger partial charge in [0.1, 0.15) is 0 Å². The Morgan fingerprint density at radius 1 is 1.33 bits per heavy atom. The van der Waals surface area contributed by atoms with Crippen molar-refractivity contribution >= 4 is 0 Å². The first-order valence-electron chi connectivity index (χ1n) is 7.58. The molecule has 18 heavy (non-hydrogen) atoms. The lowest BCUT2D eigenvalue weighted by atomic mass is 9.99. The largest absolute Gasteiger partial charge is 0.392 e. The smallest absolute Gasteiger partial charge is 0.0669 e. The lowest BCUT2D eigenvalue weighted by Crippen LogP contribution is -2.41. The number of methoxy groups -OCH3 is 1. The van der Waals surface area contributed by atoms with Crippen LogP contribution in [0, 0.1) is 5.92 Å². The molecule has 1 saturated carbocycles. The molecule has 1 rings (SSSR count). The van der Waals surface area contributed by atoms with Crippen LogP contribution in [0.5, 0.6) is 0 Å². The molecule has 0 aliphatic heterocycles. The van der Waals surface area contributed by atoms with Crippen LogP contribution < -0.4 is 0 Å². The summed E-state index contributed by atoms with van der Waals surface area (Å²) in [7, 11) is 1.74. The Morgan fingerprint density at radius 2 is 2.00 bits per heavy atom. The Bertz CT molecular complexity index is 205. The molecule has 1 fully saturated rings. The molecule has 108 valence electrons. The summed E-state index contributed by atoms with van der Waals surface area (Å²) >= 11 is 0. The third-order valence-corrected chi connectivity index (χ3v) is 4.32. The van der Waals surface area contributed by atoms with Crippen LogP contribution in [0.4, 0.5) is 0 Å². The zero-order valence-electron chi connectivity index (χ0n) is 12.4. The molecular formula is C15H31NO2. The van der Waals surface area contributed by atoms with Crippen molar-refractivity contribution in [2.45, 2.75) is 64.5 Å². The first kappa shape index (κ1) is 15.9. The number of hydrogen-bond donors (Lipinski definition) is 1. The Morgan fingerprint density at radius 3 is 2.56 bits per heavy atom. The number of aliphatic hydroxyl groups is 1. The summed E-state index contributed by atoms with van der Waals surface area (Å²) in [5.41, 5.74) is 0. The van der Waals surface area contributed by atoms with Gasteiger partial charge < -0.3 is 9.84 Å². The second-order valence-corrected chi connectivity index (χ2v) is 5.79. The lowest BCUT2D eigenvalue weighted by molar-refractivity contribution is 0.0552. The zero-order valence-corrected chi connectivity index (χ0v) is 12.4. The molecule has 0 bridgehead atoms. The van der Waals surface area contributed by atoms with E-state index in [9.17, 15) is 5.11 Å². The second-order valence-electron chi connectivity index (χ2n) is 5.79. The fourth-order valence-corrected chi connectivity index (χ4v) is 2.93.